The molecule has 0 saturated heterocycles. The first-order valence-corrected chi connectivity index (χ1v) is 2.41. The number of carboxylic acids is 1. The molecule has 0 amide bonds. The van der Waals surface area contributed by atoms with Crippen molar-refractivity contribution in [2.75, 3.05) is 6.26 Å². The van der Waals surface area contributed by atoms with Gasteiger partial charge in [0.25, 0.3) is 0 Å². The molecule has 0 aromatic carbocycles. The molecule has 0 aliphatic carbocycles. The van der Waals surface area contributed by atoms with Crippen LogP contribution in [0.5, 0.6) is 0 Å². The van der Waals surface area contributed by atoms with Crippen LogP contribution in [0.4, 0.5) is 0 Å². The molecule has 0 heterocycles. The summed E-state index contributed by atoms with van der Waals surface area (Å²) < 4.78 is 0. The normalized spacial score (nSPS) is 3.88. The number of carboxylic acid groups (broad SMARTS) is 1. The van der Waals surface area contributed by atoms with Crippen LogP contribution in [0, 0.1) is 0 Å². The second-order valence-corrected chi connectivity index (χ2v) is 0.492. The fourth-order valence-corrected chi connectivity index (χ4v) is 0. The van der Waals surface area contributed by atoms with Gasteiger partial charge >= 0.3 is 29.6 Å². The van der Waals surface area contributed by atoms with Crippen LogP contribution in [-0.4, -0.2) is 17.7 Å². The number of hydrogen-bond donors (Lipinski definition) is 0. The largest absolute Gasteiger partial charge is 1.00 e. The Bertz CT molecular complexity index is 37.5. The third kappa shape index (κ3) is 372. The van der Waals surface area contributed by atoms with E-state index in [1.54, 1.807) is 6.26 Å². The van der Waals surface area contributed by atoms with E-state index in [1.807, 2.05) is 0 Å². The molecule has 0 bridgehead atoms. The van der Waals surface area contributed by atoms with Crippen LogP contribution in [0.1, 0.15) is 6.92 Å². The quantitative estimate of drug-likeness (QED) is 0.256. The summed E-state index contributed by atoms with van der Waals surface area (Å²) in [4.78, 5) is 8.89. The molecule has 0 aliphatic rings. The molecule has 0 radical (unpaired) electrons. The van der Waals surface area contributed by atoms with Crippen molar-refractivity contribution >= 4 is 18.6 Å². The summed E-state index contributed by atoms with van der Waals surface area (Å²) in [6.07, 6.45) is 1.81. The van der Waals surface area contributed by atoms with Crippen LogP contribution in [0.25, 0.3) is 0 Å². The summed E-state index contributed by atoms with van der Waals surface area (Å²) in [5, 5.41) is 8.89. The van der Waals surface area contributed by atoms with E-state index in [9.17, 15) is 0 Å². The van der Waals surface area contributed by atoms with Crippen molar-refractivity contribution in [3.63, 3.8) is 0 Å². The summed E-state index contributed by atoms with van der Waals surface area (Å²) in [5.74, 6) is -1.08. The van der Waals surface area contributed by atoms with Gasteiger partial charge in [-0.15, -0.1) is 0 Å². The average molecular weight is 148 g/mol. The van der Waals surface area contributed by atoms with Crippen LogP contribution in [-0.2, 0) is 17.4 Å². The molecule has 3 nitrogen and oxygen atoms in total. The zero-order chi connectivity index (χ0) is 5.58. The summed E-state index contributed by atoms with van der Waals surface area (Å²) in [5.41, 5.74) is 0. The third-order valence-corrected chi connectivity index (χ3v) is 0. The minimum atomic E-state index is -1.08. The number of hydrogen-bond acceptors (Lipinski definition) is 3. The van der Waals surface area contributed by atoms with E-state index in [-0.39, 0.29) is 35.0 Å². The van der Waals surface area contributed by atoms with Gasteiger partial charge in [-0.05, 0) is 19.6 Å². The Kier molecular flexibility index (Phi) is 72.8. The predicted molar refractivity (Wildman–Crippen MR) is 28.7 cm³/mol. The molecule has 0 aliphatic heterocycles. The summed E-state index contributed by atoms with van der Waals surface area (Å²) in [6, 6.07) is 0. The van der Waals surface area contributed by atoms with Gasteiger partial charge < -0.3 is 15.4 Å². The molecule has 0 saturated carbocycles. The molecule has 8 heavy (non-hydrogen) atoms. The number of carbonyl (C=O) groups excluding carboxylic acids is 1. The fourth-order valence-electron chi connectivity index (χ4n) is 0. The maximum Gasteiger partial charge on any atom is 1.00 e. The molecular weight excluding hydrogens is 139 g/mol. The summed E-state index contributed by atoms with van der Waals surface area (Å²) in [7, 11) is 0. The Morgan fingerprint density at radius 3 is 1.50 bits per heavy atom. The Hall–Kier alpha value is 0.780. The van der Waals surface area contributed by atoms with E-state index in [4.69, 9.17) is 9.90 Å². The smallest absolute Gasteiger partial charge is 0.870 e. The molecule has 0 aromatic heterocycles. The Morgan fingerprint density at radius 2 is 1.50 bits per heavy atom. The second-order valence-electron chi connectivity index (χ2n) is 0.492. The van der Waals surface area contributed by atoms with Crippen LogP contribution in [0.2, 0.25) is 0 Å². The number of rotatable bonds is 0. The van der Waals surface area contributed by atoms with Crippen molar-refractivity contribution in [1.82, 2.24) is 0 Å². The van der Waals surface area contributed by atoms with Gasteiger partial charge in [0.15, 0.2) is 0 Å². The monoisotopic (exact) mass is 148 g/mol. The van der Waals surface area contributed by atoms with Gasteiger partial charge in [-0.2, -0.15) is 0 Å². The first-order valence-electron chi connectivity index (χ1n) is 1.41. The molecule has 46 valence electrons. The second kappa shape index (κ2) is 25.0. The van der Waals surface area contributed by atoms with Gasteiger partial charge in [0.1, 0.15) is 0 Å². The molecular formula is C3H9NaO3S. The van der Waals surface area contributed by atoms with Gasteiger partial charge in [-0.3, -0.25) is 0 Å². The van der Waals surface area contributed by atoms with Gasteiger partial charge in [-0.25, -0.2) is 0 Å². The van der Waals surface area contributed by atoms with Crippen molar-refractivity contribution in [3.8, 4) is 0 Å². The first-order chi connectivity index (χ1) is 2.73. The average Bonchev–Trinajstić information content (AvgIpc) is 1.41. The topological polar surface area (TPSA) is 70.1 Å². The zero-order valence-electron chi connectivity index (χ0n) is 5.26. The molecule has 0 fully saturated rings. The van der Waals surface area contributed by atoms with Gasteiger partial charge in [0, 0.05) is 5.97 Å². The van der Waals surface area contributed by atoms with Crippen molar-refractivity contribution in [1.29, 1.82) is 0 Å². The van der Waals surface area contributed by atoms with Crippen LogP contribution >= 0.6 is 0 Å². The minimum Gasteiger partial charge on any atom is -0.870 e. The molecule has 0 atom stereocenters. The third-order valence-electron chi connectivity index (χ3n) is 0. The Balaban J connectivity index is -0.0000000183. The van der Waals surface area contributed by atoms with Crippen LogP contribution in [0.15, 0.2) is 0 Å². The molecule has 0 unspecified atom stereocenters. The fraction of sp³-hybridized carbons (Fsp3) is 0.667. The van der Waals surface area contributed by atoms with E-state index < -0.39 is 5.97 Å². The van der Waals surface area contributed by atoms with Gasteiger partial charge in [0.05, 0.1) is 6.26 Å². The van der Waals surface area contributed by atoms with E-state index >= 15 is 0 Å². The van der Waals surface area contributed by atoms with Crippen molar-refractivity contribution < 1.29 is 44.9 Å². The van der Waals surface area contributed by atoms with Crippen molar-refractivity contribution in [2.24, 2.45) is 0 Å². The summed E-state index contributed by atoms with van der Waals surface area (Å²) >= 11 is 2.97. The van der Waals surface area contributed by atoms with Crippen LogP contribution in [0.3, 0.4) is 0 Å². The molecule has 0 aromatic rings. The first kappa shape index (κ1) is 23.3. The van der Waals surface area contributed by atoms with Gasteiger partial charge in [0.2, 0.25) is 0 Å². The molecule has 5 heteroatoms. The molecule has 0 spiro atoms. The van der Waals surface area contributed by atoms with E-state index in [1.165, 1.54) is 0 Å². The molecule has 0 rings (SSSR count). The van der Waals surface area contributed by atoms with Crippen molar-refractivity contribution in [2.45, 2.75) is 6.92 Å². The minimum absolute atomic E-state index is 0. The standard InChI is InChI=1S/C2H4O2.CH4S.Na.H2O/c1-2(3)4;1-2;;/h1H3,(H,3,4);2H,1H3;;1H2/q;;+1;/p-1. The maximum absolute atomic E-state index is 8.89. The van der Waals surface area contributed by atoms with Crippen molar-refractivity contribution in [3.05, 3.63) is 0 Å². The van der Waals surface area contributed by atoms with E-state index in [0.717, 1.165) is 6.92 Å². The number of aliphatic carboxylic acids is 1. The molecule has 1 N–H and O–H groups in total. The maximum atomic E-state index is 8.89. The Morgan fingerprint density at radius 1 is 1.50 bits per heavy atom. The van der Waals surface area contributed by atoms with E-state index in [0.29, 0.717) is 0 Å². The SMILES string of the molecule is CC(=O)[O-].C[SH2+].[Na+].[OH-]. The van der Waals surface area contributed by atoms with Crippen LogP contribution < -0.4 is 34.7 Å². The Labute approximate surface area is 76.5 Å². The number of carbonyl (C=O) groups is 1. The van der Waals surface area contributed by atoms with Gasteiger partial charge in [-0.1, -0.05) is 0 Å². The van der Waals surface area contributed by atoms with E-state index in [2.05, 4.69) is 12.6 Å². The summed E-state index contributed by atoms with van der Waals surface area (Å²) in [6.45, 7) is 0.972. The zero-order valence-corrected chi connectivity index (χ0v) is 8.26. The predicted octanol–water partition coefficient (Wildman–Crippen LogP) is -4.79.